The van der Waals surface area contributed by atoms with Crippen LogP contribution in [0.1, 0.15) is 18.1 Å². The Labute approximate surface area is 113 Å². The third-order valence-corrected chi connectivity index (χ3v) is 3.62. The fourth-order valence-corrected chi connectivity index (χ4v) is 1.76. The maximum absolute atomic E-state index is 11.3. The molecule has 0 aromatic heterocycles. The number of carboxylic acids is 1. The maximum Gasteiger partial charge on any atom is 0.300 e. The van der Waals surface area contributed by atoms with Crippen LogP contribution in [0.25, 0.3) is 0 Å². The molecule has 0 amide bonds. The summed E-state index contributed by atoms with van der Waals surface area (Å²) in [5, 5.41) is 7.42. The SMILES string of the molecule is CC(=O)O.Cc1ccc(N(C)S(C)(=O)=O)cc1CN. The van der Waals surface area contributed by atoms with Crippen molar-refractivity contribution in [2.24, 2.45) is 5.73 Å². The van der Waals surface area contributed by atoms with Gasteiger partial charge in [-0.05, 0) is 30.2 Å². The van der Waals surface area contributed by atoms with Gasteiger partial charge < -0.3 is 10.8 Å². The van der Waals surface area contributed by atoms with E-state index < -0.39 is 16.0 Å². The first-order valence-corrected chi connectivity index (χ1v) is 7.37. The quantitative estimate of drug-likeness (QED) is 0.862. The van der Waals surface area contributed by atoms with Gasteiger partial charge in [0.05, 0.1) is 11.9 Å². The molecule has 3 N–H and O–H groups in total. The van der Waals surface area contributed by atoms with Crippen molar-refractivity contribution in [2.45, 2.75) is 20.4 Å². The Balaban J connectivity index is 0.000000711. The van der Waals surface area contributed by atoms with Crippen LogP contribution in [-0.4, -0.2) is 32.8 Å². The molecule has 1 aromatic carbocycles. The van der Waals surface area contributed by atoms with Crippen molar-refractivity contribution < 1.29 is 18.3 Å². The highest BCUT2D eigenvalue weighted by molar-refractivity contribution is 7.92. The van der Waals surface area contributed by atoms with Crippen molar-refractivity contribution in [1.29, 1.82) is 0 Å². The van der Waals surface area contributed by atoms with Crippen LogP contribution in [0.4, 0.5) is 5.69 Å². The second kappa shape index (κ2) is 7.10. The summed E-state index contributed by atoms with van der Waals surface area (Å²) in [6.45, 7) is 3.45. The van der Waals surface area contributed by atoms with Gasteiger partial charge in [0.15, 0.2) is 0 Å². The maximum atomic E-state index is 11.3. The first-order valence-electron chi connectivity index (χ1n) is 5.52. The molecule has 108 valence electrons. The van der Waals surface area contributed by atoms with Gasteiger partial charge in [-0.15, -0.1) is 0 Å². The molecule has 7 heteroatoms. The summed E-state index contributed by atoms with van der Waals surface area (Å²) >= 11 is 0. The van der Waals surface area contributed by atoms with Gasteiger partial charge in [-0.25, -0.2) is 8.42 Å². The molecule has 0 atom stereocenters. The number of carbonyl (C=O) groups is 1. The number of nitrogens with two attached hydrogens (primary N) is 1. The summed E-state index contributed by atoms with van der Waals surface area (Å²) in [5.41, 5.74) is 8.24. The number of carboxylic acid groups (broad SMARTS) is 1. The third-order valence-electron chi connectivity index (χ3n) is 2.41. The number of aliphatic carboxylic acids is 1. The largest absolute Gasteiger partial charge is 0.481 e. The van der Waals surface area contributed by atoms with Crippen molar-refractivity contribution in [1.82, 2.24) is 0 Å². The zero-order valence-corrected chi connectivity index (χ0v) is 12.4. The summed E-state index contributed by atoms with van der Waals surface area (Å²) in [7, 11) is -1.67. The molecular formula is C12H20N2O4S. The molecule has 0 aliphatic carbocycles. The van der Waals surface area contributed by atoms with Gasteiger partial charge in [0.1, 0.15) is 0 Å². The van der Waals surface area contributed by atoms with Crippen molar-refractivity contribution >= 4 is 21.7 Å². The molecule has 1 aromatic rings. The lowest BCUT2D eigenvalue weighted by molar-refractivity contribution is -0.134. The first-order chi connectivity index (χ1) is 8.59. The molecule has 0 aliphatic rings. The van der Waals surface area contributed by atoms with E-state index >= 15 is 0 Å². The number of aryl methyl sites for hydroxylation is 1. The number of hydrogen-bond donors (Lipinski definition) is 2. The van der Waals surface area contributed by atoms with E-state index in [1.165, 1.54) is 17.6 Å². The molecule has 0 fully saturated rings. The molecule has 0 saturated heterocycles. The van der Waals surface area contributed by atoms with Crippen molar-refractivity contribution in [3.8, 4) is 0 Å². The van der Waals surface area contributed by atoms with Gasteiger partial charge in [0.2, 0.25) is 10.0 Å². The Morgan fingerprint density at radius 1 is 1.42 bits per heavy atom. The van der Waals surface area contributed by atoms with Crippen molar-refractivity contribution in [3.63, 3.8) is 0 Å². The monoisotopic (exact) mass is 288 g/mol. The van der Waals surface area contributed by atoms with E-state index in [0.717, 1.165) is 18.1 Å². The summed E-state index contributed by atoms with van der Waals surface area (Å²) in [6.07, 6.45) is 1.18. The van der Waals surface area contributed by atoms with Crippen molar-refractivity contribution in [3.05, 3.63) is 29.3 Å². The third kappa shape index (κ3) is 6.21. The van der Waals surface area contributed by atoms with E-state index in [-0.39, 0.29) is 0 Å². The van der Waals surface area contributed by atoms with E-state index in [9.17, 15) is 8.42 Å². The highest BCUT2D eigenvalue weighted by Crippen LogP contribution is 2.19. The Morgan fingerprint density at radius 2 is 1.89 bits per heavy atom. The molecular weight excluding hydrogens is 268 g/mol. The van der Waals surface area contributed by atoms with E-state index in [4.69, 9.17) is 15.6 Å². The Kier molecular flexibility index (Phi) is 6.51. The minimum atomic E-state index is -3.20. The predicted molar refractivity (Wildman–Crippen MR) is 75.6 cm³/mol. The molecule has 6 nitrogen and oxygen atoms in total. The van der Waals surface area contributed by atoms with Crippen LogP contribution < -0.4 is 10.0 Å². The summed E-state index contributed by atoms with van der Waals surface area (Å²) in [5.74, 6) is -0.833. The summed E-state index contributed by atoms with van der Waals surface area (Å²) in [6, 6.07) is 5.45. The Hall–Kier alpha value is -1.60. The number of benzene rings is 1. The minimum Gasteiger partial charge on any atom is -0.481 e. The van der Waals surface area contributed by atoms with Crippen LogP contribution in [0, 0.1) is 6.92 Å². The van der Waals surface area contributed by atoms with Gasteiger partial charge in [-0.2, -0.15) is 0 Å². The molecule has 0 unspecified atom stereocenters. The lowest BCUT2D eigenvalue weighted by atomic mass is 10.1. The van der Waals surface area contributed by atoms with Gasteiger partial charge in [-0.1, -0.05) is 6.07 Å². The molecule has 0 radical (unpaired) electrons. The molecule has 0 heterocycles. The Bertz CT molecular complexity index is 537. The lowest BCUT2D eigenvalue weighted by Gasteiger charge is -2.18. The fraction of sp³-hybridized carbons (Fsp3) is 0.417. The summed E-state index contributed by atoms with van der Waals surface area (Å²) < 4.78 is 23.9. The number of anilines is 1. The first kappa shape index (κ1) is 17.4. The average Bonchev–Trinajstić information content (AvgIpc) is 2.27. The number of nitrogens with zero attached hydrogens (tertiary/aromatic N) is 1. The minimum absolute atomic E-state index is 0.414. The van der Waals surface area contributed by atoms with Crippen LogP contribution in [0.3, 0.4) is 0 Å². The van der Waals surface area contributed by atoms with Crippen LogP contribution in [0.2, 0.25) is 0 Å². The van der Waals surface area contributed by atoms with Gasteiger partial charge >= 0.3 is 0 Å². The summed E-state index contributed by atoms with van der Waals surface area (Å²) in [4.78, 5) is 9.00. The van der Waals surface area contributed by atoms with Crippen LogP contribution in [0.5, 0.6) is 0 Å². The smallest absolute Gasteiger partial charge is 0.300 e. The zero-order valence-electron chi connectivity index (χ0n) is 11.5. The van der Waals surface area contributed by atoms with E-state index in [1.807, 2.05) is 13.0 Å². The van der Waals surface area contributed by atoms with Crippen LogP contribution in [0.15, 0.2) is 18.2 Å². The molecule has 19 heavy (non-hydrogen) atoms. The van der Waals surface area contributed by atoms with E-state index in [0.29, 0.717) is 12.2 Å². The molecule has 0 saturated carbocycles. The molecule has 1 rings (SSSR count). The lowest BCUT2D eigenvalue weighted by Crippen LogP contribution is -2.25. The Morgan fingerprint density at radius 3 is 2.26 bits per heavy atom. The van der Waals surface area contributed by atoms with Gasteiger partial charge in [0.25, 0.3) is 5.97 Å². The number of rotatable bonds is 3. The van der Waals surface area contributed by atoms with E-state index in [2.05, 4.69) is 0 Å². The standard InChI is InChI=1S/C10H16N2O2S.C2H4O2/c1-8-4-5-10(6-9(8)7-11)12(2)15(3,13)14;1-2(3)4/h4-6H,7,11H2,1-3H3;1H3,(H,3,4). The fourth-order valence-electron chi connectivity index (χ4n) is 1.27. The van der Waals surface area contributed by atoms with E-state index in [1.54, 1.807) is 12.1 Å². The highest BCUT2D eigenvalue weighted by atomic mass is 32.2. The second-order valence-electron chi connectivity index (χ2n) is 4.06. The topological polar surface area (TPSA) is 101 Å². The van der Waals surface area contributed by atoms with Crippen LogP contribution >= 0.6 is 0 Å². The van der Waals surface area contributed by atoms with Gasteiger partial charge in [0, 0.05) is 20.5 Å². The van der Waals surface area contributed by atoms with Crippen LogP contribution in [-0.2, 0) is 21.4 Å². The van der Waals surface area contributed by atoms with Gasteiger partial charge in [-0.3, -0.25) is 9.10 Å². The average molecular weight is 288 g/mol. The molecule has 0 bridgehead atoms. The number of sulfonamides is 1. The molecule has 0 aliphatic heterocycles. The molecule has 0 spiro atoms. The highest BCUT2D eigenvalue weighted by Gasteiger charge is 2.12. The second-order valence-corrected chi connectivity index (χ2v) is 6.08. The number of hydrogen-bond acceptors (Lipinski definition) is 4. The zero-order chi connectivity index (χ0) is 15.2. The predicted octanol–water partition coefficient (Wildman–Crippen LogP) is 0.940. The normalized spacial score (nSPS) is 10.4. The van der Waals surface area contributed by atoms with Crippen molar-refractivity contribution in [2.75, 3.05) is 17.6 Å².